The van der Waals surface area contributed by atoms with Gasteiger partial charge >= 0.3 is 5.97 Å². The first-order chi connectivity index (χ1) is 11.1. The number of carbonyl (C=O) groups excluding carboxylic acids is 3. The molecule has 0 saturated carbocycles. The predicted molar refractivity (Wildman–Crippen MR) is 86.5 cm³/mol. The zero-order valence-corrected chi connectivity index (χ0v) is 13.2. The monoisotopic (exact) mass is 318 g/mol. The summed E-state index contributed by atoms with van der Waals surface area (Å²) in [4.78, 5) is 35.2. The Morgan fingerprint density at radius 1 is 1.26 bits per heavy atom. The number of ether oxygens (including phenoxy) is 1. The first-order valence-corrected chi connectivity index (χ1v) is 7.35. The van der Waals surface area contributed by atoms with Crippen LogP contribution in [0.25, 0.3) is 0 Å². The van der Waals surface area contributed by atoms with Crippen molar-refractivity contribution in [1.29, 1.82) is 0 Å². The second kappa shape index (κ2) is 10.2. The van der Waals surface area contributed by atoms with E-state index in [2.05, 4.69) is 21.9 Å². The molecule has 0 unspecified atom stereocenters. The maximum absolute atomic E-state index is 12.2. The molecule has 1 aromatic carbocycles. The lowest BCUT2D eigenvalue weighted by molar-refractivity contribution is -0.141. The van der Waals surface area contributed by atoms with Gasteiger partial charge in [-0.2, -0.15) is 0 Å². The molecule has 2 amide bonds. The van der Waals surface area contributed by atoms with Gasteiger partial charge in [0.2, 0.25) is 11.8 Å². The molecule has 0 bridgehead atoms. The van der Waals surface area contributed by atoms with Gasteiger partial charge in [-0.25, -0.2) is 0 Å². The molecule has 0 aliphatic heterocycles. The number of rotatable bonds is 9. The van der Waals surface area contributed by atoms with E-state index < -0.39 is 17.9 Å². The van der Waals surface area contributed by atoms with Crippen molar-refractivity contribution in [3.05, 3.63) is 48.6 Å². The standard InChI is InChI=1S/C17H22N2O4/c1-3-4-10-15(20)19-14(11-13-8-6-5-7-9-13)17(22)18-12-16(21)23-2/h3,5-9,14H,1,4,10-12H2,2H3,(H,18,22)(H,19,20)/t14-/m0/s1. The highest BCUT2D eigenvalue weighted by molar-refractivity contribution is 5.89. The van der Waals surface area contributed by atoms with E-state index in [4.69, 9.17) is 0 Å². The minimum Gasteiger partial charge on any atom is -0.468 e. The molecule has 23 heavy (non-hydrogen) atoms. The van der Waals surface area contributed by atoms with Crippen LogP contribution in [-0.4, -0.2) is 37.5 Å². The van der Waals surface area contributed by atoms with Gasteiger partial charge < -0.3 is 15.4 Å². The van der Waals surface area contributed by atoms with Gasteiger partial charge in [-0.05, 0) is 12.0 Å². The third kappa shape index (κ3) is 7.26. The van der Waals surface area contributed by atoms with Crippen LogP contribution in [0.2, 0.25) is 0 Å². The number of benzene rings is 1. The number of carbonyl (C=O) groups is 3. The molecule has 0 spiro atoms. The molecule has 0 radical (unpaired) electrons. The molecule has 0 saturated heterocycles. The van der Waals surface area contributed by atoms with Gasteiger partial charge in [0.05, 0.1) is 7.11 Å². The van der Waals surface area contributed by atoms with Crippen LogP contribution >= 0.6 is 0 Å². The number of allylic oxidation sites excluding steroid dienone is 1. The van der Waals surface area contributed by atoms with E-state index in [0.29, 0.717) is 12.8 Å². The van der Waals surface area contributed by atoms with E-state index in [-0.39, 0.29) is 18.9 Å². The normalized spacial score (nSPS) is 11.2. The Balaban J connectivity index is 2.70. The highest BCUT2D eigenvalue weighted by Crippen LogP contribution is 2.04. The van der Waals surface area contributed by atoms with Crippen LogP contribution < -0.4 is 10.6 Å². The van der Waals surface area contributed by atoms with Crippen molar-refractivity contribution in [3.8, 4) is 0 Å². The summed E-state index contributed by atoms with van der Waals surface area (Å²) in [5.41, 5.74) is 0.912. The Morgan fingerprint density at radius 2 is 1.96 bits per heavy atom. The Labute approximate surface area is 135 Å². The lowest BCUT2D eigenvalue weighted by atomic mass is 10.0. The third-order valence-corrected chi connectivity index (χ3v) is 3.14. The molecule has 0 aliphatic carbocycles. The van der Waals surface area contributed by atoms with Crippen molar-refractivity contribution < 1.29 is 19.1 Å². The predicted octanol–water partition coefficient (Wildman–Crippen LogP) is 0.969. The molecule has 0 aromatic heterocycles. The van der Waals surface area contributed by atoms with E-state index in [1.807, 2.05) is 30.3 Å². The molecular formula is C17H22N2O4. The van der Waals surface area contributed by atoms with E-state index >= 15 is 0 Å². The zero-order chi connectivity index (χ0) is 17.1. The Kier molecular flexibility index (Phi) is 8.13. The second-order valence-electron chi connectivity index (χ2n) is 4.93. The van der Waals surface area contributed by atoms with E-state index in [1.165, 1.54) is 7.11 Å². The molecule has 6 heteroatoms. The van der Waals surface area contributed by atoms with Crippen LogP contribution in [0.15, 0.2) is 43.0 Å². The summed E-state index contributed by atoms with van der Waals surface area (Å²) in [7, 11) is 1.24. The number of amides is 2. The highest BCUT2D eigenvalue weighted by Gasteiger charge is 2.21. The third-order valence-electron chi connectivity index (χ3n) is 3.14. The maximum atomic E-state index is 12.2. The molecular weight excluding hydrogens is 296 g/mol. The summed E-state index contributed by atoms with van der Waals surface area (Å²) >= 11 is 0. The van der Waals surface area contributed by atoms with Gasteiger partial charge in [-0.3, -0.25) is 14.4 Å². The average molecular weight is 318 g/mol. The summed E-state index contributed by atoms with van der Waals surface area (Å²) in [5, 5.41) is 5.16. The van der Waals surface area contributed by atoms with E-state index in [0.717, 1.165) is 5.56 Å². The Bertz CT molecular complexity index is 543. The molecule has 1 rings (SSSR count). The van der Waals surface area contributed by atoms with E-state index in [1.54, 1.807) is 6.08 Å². The summed E-state index contributed by atoms with van der Waals surface area (Å²) in [5.74, 6) is -1.21. The zero-order valence-electron chi connectivity index (χ0n) is 13.2. The topological polar surface area (TPSA) is 84.5 Å². The van der Waals surface area contributed by atoms with Crippen LogP contribution in [0.5, 0.6) is 0 Å². The summed E-state index contributed by atoms with van der Waals surface area (Å²) in [6, 6.07) is 8.58. The summed E-state index contributed by atoms with van der Waals surface area (Å²) < 4.78 is 4.48. The smallest absolute Gasteiger partial charge is 0.325 e. The van der Waals surface area contributed by atoms with E-state index in [9.17, 15) is 14.4 Å². The van der Waals surface area contributed by atoms with Gasteiger partial charge in [-0.15, -0.1) is 6.58 Å². The van der Waals surface area contributed by atoms with Crippen molar-refractivity contribution in [1.82, 2.24) is 10.6 Å². The van der Waals surface area contributed by atoms with Gasteiger partial charge in [0.15, 0.2) is 0 Å². The molecule has 0 heterocycles. The Hall–Kier alpha value is -2.63. The molecule has 0 aliphatic rings. The average Bonchev–Trinajstić information content (AvgIpc) is 2.57. The number of methoxy groups -OCH3 is 1. The molecule has 1 aromatic rings. The fourth-order valence-corrected chi connectivity index (χ4v) is 1.91. The molecule has 2 N–H and O–H groups in total. The molecule has 6 nitrogen and oxygen atoms in total. The van der Waals surface area contributed by atoms with Crippen molar-refractivity contribution in [2.75, 3.05) is 13.7 Å². The molecule has 124 valence electrons. The van der Waals surface area contributed by atoms with Crippen LogP contribution in [0.1, 0.15) is 18.4 Å². The molecule has 0 fully saturated rings. The van der Waals surface area contributed by atoms with Gasteiger partial charge in [0, 0.05) is 12.8 Å². The fourth-order valence-electron chi connectivity index (χ4n) is 1.91. The number of nitrogens with one attached hydrogen (secondary N) is 2. The molecule has 1 atom stereocenters. The summed E-state index contributed by atoms with van der Waals surface area (Å²) in [6.45, 7) is 3.33. The number of hydrogen-bond donors (Lipinski definition) is 2. The van der Waals surface area contributed by atoms with Crippen molar-refractivity contribution in [2.24, 2.45) is 0 Å². The van der Waals surface area contributed by atoms with Crippen molar-refractivity contribution in [2.45, 2.75) is 25.3 Å². The fraction of sp³-hybridized carbons (Fsp3) is 0.353. The minimum atomic E-state index is -0.751. The minimum absolute atomic E-state index is 0.233. The second-order valence-corrected chi connectivity index (χ2v) is 4.93. The summed E-state index contributed by atoms with van der Waals surface area (Å²) in [6.07, 6.45) is 2.78. The lowest BCUT2D eigenvalue weighted by Crippen LogP contribution is -2.49. The highest BCUT2D eigenvalue weighted by atomic mass is 16.5. The Morgan fingerprint density at radius 3 is 2.57 bits per heavy atom. The van der Waals surface area contributed by atoms with Crippen LogP contribution in [0.4, 0.5) is 0 Å². The first-order valence-electron chi connectivity index (χ1n) is 7.35. The number of hydrogen-bond acceptors (Lipinski definition) is 4. The van der Waals surface area contributed by atoms with Crippen LogP contribution in [-0.2, 0) is 25.5 Å². The van der Waals surface area contributed by atoms with Gasteiger partial charge in [0.1, 0.15) is 12.6 Å². The number of esters is 1. The van der Waals surface area contributed by atoms with Crippen molar-refractivity contribution in [3.63, 3.8) is 0 Å². The lowest BCUT2D eigenvalue weighted by Gasteiger charge is -2.18. The van der Waals surface area contributed by atoms with Gasteiger partial charge in [0.25, 0.3) is 0 Å². The maximum Gasteiger partial charge on any atom is 0.325 e. The van der Waals surface area contributed by atoms with Crippen LogP contribution in [0, 0.1) is 0 Å². The van der Waals surface area contributed by atoms with Crippen molar-refractivity contribution >= 4 is 17.8 Å². The SMILES string of the molecule is C=CCCC(=O)N[C@@H](Cc1ccccc1)C(=O)NCC(=O)OC. The largest absolute Gasteiger partial charge is 0.468 e. The quantitative estimate of drug-likeness (QED) is 0.525. The van der Waals surface area contributed by atoms with Crippen LogP contribution in [0.3, 0.4) is 0 Å². The first kappa shape index (κ1) is 18.4. The van der Waals surface area contributed by atoms with Gasteiger partial charge in [-0.1, -0.05) is 36.4 Å².